The molecule has 0 aliphatic heterocycles. The molecular weight excluding hydrogens is 324 g/mol. The summed E-state index contributed by atoms with van der Waals surface area (Å²) in [6.07, 6.45) is -1.11. The first kappa shape index (κ1) is 16.6. The van der Waals surface area contributed by atoms with Gasteiger partial charge in [0.1, 0.15) is 23.2 Å². The fourth-order valence-electron chi connectivity index (χ4n) is 2.39. The molecule has 1 atom stereocenters. The predicted octanol–water partition coefficient (Wildman–Crippen LogP) is 1.99. The molecule has 6 heteroatoms. The molecule has 0 aliphatic carbocycles. The molecule has 25 heavy (non-hydrogen) atoms. The summed E-state index contributed by atoms with van der Waals surface area (Å²) in [6.45, 7) is 1.36. The van der Waals surface area contributed by atoms with Gasteiger partial charge in [-0.3, -0.25) is 0 Å². The van der Waals surface area contributed by atoms with Crippen LogP contribution in [0.3, 0.4) is 0 Å². The predicted molar refractivity (Wildman–Crippen MR) is 89.6 cm³/mol. The van der Waals surface area contributed by atoms with Crippen molar-refractivity contribution in [2.75, 3.05) is 7.11 Å². The van der Waals surface area contributed by atoms with Gasteiger partial charge in [-0.2, -0.15) is 0 Å². The lowest BCUT2D eigenvalue weighted by molar-refractivity contribution is -0.312. The number of ether oxygens (including phenoxy) is 2. The zero-order chi connectivity index (χ0) is 18.0. The molecule has 6 nitrogen and oxygen atoms in total. The summed E-state index contributed by atoms with van der Waals surface area (Å²) in [5.74, 6) is -0.348. The molecule has 0 spiro atoms. The molecule has 3 aromatic rings. The largest absolute Gasteiger partial charge is 0.546 e. The van der Waals surface area contributed by atoms with E-state index in [9.17, 15) is 14.7 Å². The minimum absolute atomic E-state index is 0.282. The van der Waals surface area contributed by atoms with Crippen LogP contribution in [-0.2, 0) is 4.79 Å². The molecule has 0 unspecified atom stereocenters. The molecule has 0 radical (unpaired) electrons. The van der Waals surface area contributed by atoms with Crippen LogP contribution >= 0.6 is 0 Å². The van der Waals surface area contributed by atoms with Crippen LogP contribution in [0.25, 0.3) is 22.1 Å². The van der Waals surface area contributed by atoms with Crippen molar-refractivity contribution in [3.8, 4) is 22.6 Å². The lowest BCUT2D eigenvalue weighted by Gasteiger charge is -2.15. The molecule has 1 aromatic heterocycles. The summed E-state index contributed by atoms with van der Waals surface area (Å²) in [4.78, 5) is 23.0. The van der Waals surface area contributed by atoms with E-state index < -0.39 is 17.7 Å². The number of carbonyl (C=O) groups excluding carboxylic acids is 1. The maximum absolute atomic E-state index is 12.3. The Labute approximate surface area is 143 Å². The number of aliphatic carboxylic acids is 1. The normalized spacial score (nSPS) is 11.9. The second kappa shape index (κ2) is 6.68. The van der Waals surface area contributed by atoms with E-state index in [1.807, 2.05) is 0 Å². The van der Waals surface area contributed by atoms with Crippen LogP contribution in [0.5, 0.6) is 11.5 Å². The van der Waals surface area contributed by atoms with Gasteiger partial charge in [-0.15, -0.1) is 0 Å². The van der Waals surface area contributed by atoms with E-state index in [1.54, 1.807) is 49.6 Å². The Morgan fingerprint density at radius 3 is 2.40 bits per heavy atom. The van der Waals surface area contributed by atoms with Crippen LogP contribution in [0, 0.1) is 0 Å². The van der Waals surface area contributed by atoms with E-state index >= 15 is 0 Å². The Morgan fingerprint density at radius 1 is 1.08 bits per heavy atom. The van der Waals surface area contributed by atoms with Crippen LogP contribution in [-0.4, -0.2) is 19.2 Å². The quantitative estimate of drug-likeness (QED) is 0.661. The van der Waals surface area contributed by atoms with Crippen LogP contribution in [0.15, 0.2) is 57.7 Å². The Kier molecular flexibility index (Phi) is 4.43. The molecule has 0 amide bonds. The Bertz CT molecular complexity index is 971. The molecule has 0 N–H and O–H groups in total. The molecule has 128 valence electrons. The van der Waals surface area contributed by atoms with Crippen LogP contribution in [0.4, 0.5) is 0 Å². The first-order valence-corrected chi connectivity index (χ1v) is 7.58. The maximum Gasteiger partial charge on any atom is 0.344 e. The lowest BCUT2D eigenvalue weighted by atomic mass is 10.1. The van der Waals surface area contributed by atoms with Gasteiger partial charge in [-0.05, 0) is 42.8 Å². The third-order valence-corrected chi connectivity index (χ3v) is 3.75. The van der Waals surface area contributed by atoms with E-state index in [0.717, 1.165) is 0 Å². The number of rotatable bonds is 5. The van der Waals surface area contributed by atoms with Gasteiger partial charge >= 0.3 is 5.63 Å². The average molecular weight is 339 g/mol. The second-order valence-corrected chi connectivity index (χ2v) is 5.45. The molecule has 0 saturated carbocycles. The van der Waals surface area contributed by atoms with Crippen molar-refractivity contribution in [1.29, 1.82) is 0 Å². The van der Waals surface area contributed by atoms with Gasteiger partial charge in [0.05, 0.1) is 18.6 Å². The fraction of sp³-hybridized carbons (Fsp3) is 0.158. The number of benzene rings is 2. The summed E-state index contributed by atoms with van der Waals surface area (Å²) in [7, 11) is 1.57. The minimum atomic E-state index is -1.32. The Morgan fingerprint density at radius 2 is 1.76 bits per heavy atom. The van der Waals surface area contributed by atoms with Crippen molar-refractivity contribution in [1.82, 2.24) is 0 Å². The van der Waals surface area contributed by atoms with Gasteiger partial charge in [0, 0.05) is 11.5 Å². The highest BCUT2D eigenvalue weighted by molar-refractivity contribution is 5.83. The van der Waals surface area contributed by atoms with E-state index in [2.05, 4.69) is 0 Å². The standard InChI is InChI=1S/C19H16O6/c1-11(18(20)21)24-15-8-5-13-9-16(19(22)25-17(13)10-15)12-3-6-14(23-2)7-4-12/h3-11H,1-2H3,(H,20,21)/p-1/t11-/m1/s1. The zero-order valence-electron chi connectivity index (χ0n) is 13.6. The van der Waals surface area contributed by atoms with Crippen molar-refractivity contribution in [3.63, 3.8) is 0 Å². The monoisotopic (exact) mass is 339 g/mol. The molecule has 0 aliphatic rings. The summed E-state index contributed by atoms with van der Waals surface area (Å²) < 4.78 is 15.7. The first-order chi connectivity index (χ1) is 12.0. The van der Waals surface area contributed by atoms with Crippen molar-refractivity contribution in [2.24, 2.45) is 0 Å². The summed E-state index contributed by atoms with van der Waals surface area (Å²) in [5.41, 5.74) is 0.947. The number of carboxylic acid groups (broad SMARTS) is 1. The number of methoxy groups -OCH3 is 1. The Balaban J connectivity index is 1.99. The number of hydrogen-bond acceptors (Lipinski definition) is 6. The summed E-state index contributed by atoms with van der Waals surface area (Å²) in [5, 5.41) is 11.4. The third-order valence-electron chi connectivity index (χ3n) is 3.75. The molecule has 3 rings (SSSR count). The highest BCUT2D eigenvalue weighted by atomic mass is 16.5. The second-order valence-electron chi connectivity index (χ2n) is 5.45. The van der Waals surface area contributed by atoms with Crippen molar-refractivity contribution in [3.05, 3.63) is 59.0 Å². The number of hydrogen-bond donors (Lipinski definition) is 0. The Hall–Kier alpha value is -3.28. The van der Waals surface area contributed by atoms with E-state index in [4.69, 9.17) is 13.9 Å². The molecule has 0 bridgehead atoms. The minimum Gasteiger partial charge on any atom is -0.546 e. The number of fused-ring (bicyclic) bond motifs is 1. The first-order valence-electron chi connectivity index (χ1n) is 7.58. The maximum atomic E-state index is 12.3. The van der Waals surface area contributed by atoms with Crippen molar-refractivity contribution >= 4 is 16.9 Å². The van der Waals surface area contributed by atoms with Crippen LogP contribution < -0.4 is 20.2 Å². The third kappa shape index (κ3) is 3.47. The number of carboxylic acids is 1. The van der Waals surface area contributed by atoms with Crippen molar-refractivity contribution < 1.29 is 23.8 Å². The summed E-state index contributed by atoms with van der Waals surface area (Å²) in [6, 6.07) is 13.6. The SMILES string of the molecule is COc1ccc(-c2cc3ccc(O[C@H](C)C(=O)[O-])cc3oc2=O)cc1. The molecule has 0 saturated heterocycles. The van der Waals surface area contributed by atoms with Gasteiger partial charge in [0.15, 0.2) is 0 Å². The summed E-state index contributed by atoms with van der Waals surface area (Å²) >= 11 is 0. The highest BCUT2D eigenvalue weighted by Crippen LogP contribution is 2.26. The molecule has 0 fully saturated rings. The smallest absolute Gasteiger partial charge is 0.344 e. The van der Waals surface area contributed by atoms with E-state index in [1.165, 1.54) is 13.0 Å². The highest BCUT2D eigenvalue weighted by Gasteiger charge is 2.10. The van der Waals surface area contributed by atoms with Crippen molar-refractivity contribution in [2.45, 2.75) is 13.0 Å². The average Bonchev–Trinajstić information content (AvgIpc) is 2.61. The van der Waals surface area contributed by atoms with Gasteiger partial charge in [0.25, 0.3) is 0 Å². The fourth-order valence-corrected chi connectivity index (χ4v) is 2.39. The molecule has 1 heterocycles. The van der Waals surface area contributed by atoms with Gasteiger partial charge in [-0.25, -0.2) is 4.79 Å². The van der Waals surface area contributed by atoms with Gasteiger partial charge in [0.2, 0.25) is 0 Å². The van der Waals surface area contributed by atoms with Crippen LogP contribution in [0.2, 0.25) is 0 Å². The topological polar surface area (TPSA) is 88.8 Å². The van der Waals surface area contributed by atoms with Crippen LogP contribution in [0.1, 0.15) is 6.92 Å². The lowest BCUT2D eigenvalue weighted by Crippen LogP contribution is -2.37. The number of carbonyl (C=O) groups is 1. The van der Waals surface area contributed by atoms with Gasteiger partial charge < -0.3 is 23.8 Å². The van der Waals surface area contributed by atoms with Gasteiger partial charge in [-0.1, -0.05) is 12.1 Å². The molecular formula is C19H15O6-. The molecule has 2 aromatic carbocycles. The van der Waals surface area contributed by atoms with E-state index in [-0.39, 0.29) is 5.75 Å². The zero-order valence-corrected chi connectivity index (χ0v) is 13.6. The van der Waals surface area contributed by atoms with E-state index in [0.29, 0.717) is 27.8 Å².